The molecule has 1 aliphatic carbocycles. The number of Topliss-reactive ketones (excluding diaryl/α,β-unsaturated/α-hetero) is 1. The molecule has 1 N–H and O–H groups in total. The van der Waals surface area contributed by atoms with Gasteiger partial charge in [-0.3, -0.25) is 9.59 Å². The topological polar surface area (TPSA) is 63.6 Å². The van der Waals surface area contributed by atoms with Gasteiger partial charge in [0.25, 0.3) is 0 Å². The van der Waals surface area contributed by atoms with Crippen LogP contribution in [0.3, 0.4) is 0 Å². The van der Waals surface area contributed by atoms with Crippen molar-refractivity contribution in [1.29, 1.82) is 0 Å². The molecule has 4 nitrogen and oxygen atoms in total. The minimum absolute atomic E-state index is 0.0582. The van der Waals surface area contributed by atoms with Gasteiger partial charge in [-0.15, -0.1) is 0 Å². The van der Waals surface area contributed by atoms with E-state index in [-0.39, 0.29) is 18.2 Å². The second-order valence-electron chi connectivity index (χ2n) is 4.25. The molecule has 0 saturated carbocycles. The van der Waals surface area contributed by atoms with Crippen molar-refractivity contribution >= 4 is 11.8 Å². The van der Waals surface area contributed by atoms with Crippen LogP contribution >= 0.6 is 0 Å². The van der Waals surface area contributed by atoms with Crippen molar-refractivity contribution in [1.82, 2.24) is 0 Å². The maximum atomic E-state index is 11.3. The Kier molecular flexibility index (Phi) is 5.91. The first-order chi connectivity index (χ1) is 8.13. The second kappa shape index (κ2) is 7.22. The van der Waals surface area contributed by atoms with Crippen molar-refractivity contribution < 1.29 is 19.4 Å². The number of aliphatic hydroxyl groups is 1. The molecule has 0 fully saturated rings. The van der Waals surface area contributed by atoms with E-state index in [0.717, 1.165) is 24.8 Å². The van der Waals surface area contributed by atoms with E-state index in [4.69, 9.17) is 4.74 Å². The molecule has 0 saturated heterocycles. The summed E-state index contributed by atoms with van der Waals surface area (Å²) in [5.41, 5.74) is 0.744. The summed E-state index contributed by atoms with van der Waals surface area (Å²) >= 11 is 0. The number of carbonyl (C=O) groups excluding carboxylic acids is 2. The number of rotatable bonds is 7. The first kappa shape index (κ1) is 13.9. The summed E-state index contributed by atoms with van der Waals surface area (Å²) in [6.45, 7) is 2.22. The molecule has 0 bridgehead atoms. The smallest absolute Gasteiger partial charge is 0.305 e. The van der Waals surface area contributed by atoms with Gasteiger partial charge in [-0.1, -0.05) is 6.42 Å². The summed E-state index contributed by atoms with van der Waals surface area (Å²) in [4.78, 5) is 22.4. The molecule has 0 radical (unpaired) electrons. The predicted molar refractivity (Wildman–Crippen MR) is 63.4 cm³/mol. The van der Waals surface area contributed by atoms with E-state index in [1.807, 2.05) is 0 Å². The van der Waals surface area contributed by atoms with Gasteiger partial charge in [0.1, 0.15) is 0 Å². The predicted octanol–water partition coefficient (Wildman–Crippen LogP) is 1.76. The SMILES string of the molecule is CCOC(=O)CCCCCC1=CC(O)CC1=O. The van der Waals surface area contributed by atoms with Crippen LogP contribution in [0.4, 0.5) is 0 Å². The molecular formula is C13H20O4. The lowest BCUT2D eigenvalue weighted by molar-refractivity contribution is -0.143. The number of hydrogen-bond acceptors (Lipinski definition) is 4. The molecule has 0 amide bonds. The molecule has 4 heteroatoms. The van der Waals surface area contributed by atoms with Crippen LogP contribution in [0.1, 0.15) is 45.4 Å². The third-order valence-corrected chi connectivity index (χ3v) is 2.78. The van der Waals surface area contributed by atoms with Gasteiger partial charge in [-0.05, 0) is 37.8 Å². The van der Waals surface area contributed by atoms with Crippen molar-refractivity contribution in [2.75, 3.05) is 6.61 Å². The third kappa shape index (κ3) is 5.13. The van der Waals surface area contributed by atoms with Crippen LogP contribution in [0, 0.1) is 0 Å². The average molecular weight is 240 g/mol. The van der Waals surface area contributed by atoms with Gasteiger partial charge in [0, 0.05) is 12.8 Å². The van der Waals surface area contributed by atoms with Gasteiger partial charge in [0.15, 0.2) is 5.78 Å². The lowest BCUT2D eigenvalue weighted by atomic mass is 10.1. The highest BCUT2D eigenvalue weighted by Crippen LogP contribution is 2.20. The standard InChI is InChI=1S/C13H20O4/c1-2-17-13(16)7-5-3-4-6-10-8-11(14)9-12(10)15/h8,11,14H,2-7,9H2,1H3. The normalized spacial score (nSPS) is 19.3. The highest BCUT2D eigenvalue weighted by atomic mass is 16.5. The maximum absolute atomic E-state index is 11.3. The minimum Gasteiger partial charge on any atom is -0.466 e. The first-order valence-corrected chi connectivity index (χ1v) is 6.21. The summed E-state index contributed by atoms with van der Waals surface area (Å²) in [6.07, 6.45) is 5.03. The summed E-state index contributed by atoms with van der Waals surface area (Å²) in [5.74, 6) is -0.0954. The Bertz CT molecular complexity index is 307. The number of hydrogen-bond donors (Lipinski definition) is 1. The van der Waals surface area contributed by atoms with Crippen molar-refractivity contribution in [2.45, 2.75) is 51.6 Å². The Morgan fingerprint density at radius 2 is 2.24 bits per heavy atom. The Balaban J connectivity index is 2.07. The van der Waals surface area contributed by atoms with Gasteiger partial charge in [-0.2, -0.15) is 0 Å². The van der Waals surface area contributed by atoms with Gasteiger partial charge in [-0.25, -0.2) is 0 Å². The highest BCUT2D eigenvalue weighted by molar-refractivity contribution is 5.98. The summed E-state index contributed by atoms with van der Waals surface area (Å²) in [6, 6.07) is 0. The van der Waals surface area contributed by atoms with E-state index in [2.05, 4.69) is 0 Å². The molecule has 1 aliphatic rings. The third-order valence-electron chi connectivity index (χ3n) is 2.78. The molecule has 0 aromatic carbocycles. The van der Waals surface area contributed by atoms with E-state index in [9.17, 15) is 14.7 Å². The molecule has 0 heterocycles. The summed E-state index contributed by atoms with van der Waals surface area (Å²) in [5, 5.41) is 9.25. The minimum atomic E-state index is -0.586. The zero-order valence-corrected chi connectivity index (χ0v) is 10.3. The highest BCUT2D eigenvalue weighted by Gasteiger charge is 2.21. The van der Waals surface area contributed by atoms with Crippen molar-refractivity contribution in [2.24, 2.45) is 0 Å². The van der Waals surface area contributed by atoms with E-state index >= 15 is 0 Å². The van der Waals surface area contributed by atoms with Crippen LogP contribution in [0.5, 0.6) is 0 Å². The van der Waals surface area contributed by atoms with E-state index in [1.54, 1.807) is 13.0 Å². The maximum Gasteiger partial charge on any atom is 0.305 e. The fourth-order valence-corrected chi connectivity index (χ4v) is 1.92. The van der Waals surface area contributed by atoms with E-state index < -0.39 is 6.10 Å². The molecule has 1 atom stereocenters. The molecule has 1 rings (SSSR count). The summed E-state index contributed by atoms with van der Waals surface area (Å²) < 4.78 is 4.82. The van der Waals surface area contributed by atoms with Crippen molar-refractivity contribution in [3.8, 4) is 0 Å². The lowest BCUT2D eigenvalue weighted by Crippen LogP contribution is -2.03. The Labute approximate surface area is 102 Å². The van der Waals surface area contributed by atoms with Gasteiger partial charge >= 0.3 is 5.97 Å². The fourth-order valence-electron chi connectivity index (χ4n) is 1.92. The average Bonchev–Trinajstić information content (AvgIpc) is 2.57. The van der Waals surface area contributed by atoms with E-state index in [1.165, 1.54) is 0 Å². The van der Waals surface area contributed by atoms with Gasteiger partial charge in [0.05, 0.1) is 12.7 Å². The van der Waals surface area contributed by atoms with Crippen LogP contribution in [0.15, 0.2) is 11.6 Å². The molecule has 0 aromatic rings. The van der Waals surface area contributed by atoms with Crippen LogP contribution in [-0.4, -0.2) is 29.6 Å². The van der Waals surface area contributed by atoms with Crippen LogP contribution in [0.2, 0.25) is 0 Å². The molecular weight excluding hydrogens is 220 g/mol. The quantitative estimate of drug-likeness (QED) is 0.544. The number of ketones is 1. The molecule has 1 unspecified atom stereocenters. The van der Waals surface area contributed by atoms with Crippen LogP contribution < -0.4 is 0 Å². The Morgan fingerprint density at radius 3 is 2.82 bits per heavy atom. The molecule has 0 aromatic heterocycles. The largest absolute Gasteiger partial charge is 0.466 e. The number of carbonyl (C=O) groups is 2. The Morgan fingerprint density at radius 1 is 1.47 bits per heavy atom. The number of esters is 1. The zero-order chi connectivity index (χ0) is 12.7. The fraction of sp³-hybridized carbons (Fsp3) is 0.692. The van der Waals surface area contributed by atoms with Crippen molar-refractivity contribution in [3.05, 3.63) is 11.6 Å². The van der Waals surface area contributed by atoms with Crippen molar-refractivity contribution in [3.63, 3.8) is 0 Å². The molecule has 96 valence electrons. The number of allylic oxidation sites excluding steroid dienone is 1. The Hall–Kier alpha value is -1.16. The number of unbranched alkanes of at least 4 members (excludes halogenated alkanes) is 2. The summed E-state index contributed by atoms with van der Waals surface area (Å²) in [7, 11) is 0. The van der Waals surface area contributed by atoms with Crippen LogP contribution in [0.25, 0.3) is 0 Å². The monoisotopic (exact) mass is 240 g/mol. The van der Waals surface area contributed by atoms with E-state index in [0.29, 0.717) is 19.4 Å². The molecule has 0 spiro atoms. The molecule has 17 heavy (non-hydrogen) atoms. The second-order valence-corrected chi connectivity index (χ2v) is 4.25. The van der Waals surface area contributed by atoms with Crippen LogP contribution in [-0.2, 0) is 14.3 Å². The first-order valence-electron chi connectivity index (χ1n) is 6.21. The lowest BCUT2D eigenvalue weighted by Gasteiger charge is -2.02. The zero-order valence-electron chi connectivity index (χ0n) is 10.3. The van der Waals surface area contributed by atoms with Gasteiger partial charge in [0.2, 0.25) is 0 Å². The number of ether oxygens (including phenoxy) is 1. The van der Waals surface area contributed by atoms with Gasteiger partial charge < -0.3 is 9.84 Å². The number of aliphatic hydroxyl groups excluding tert-OH is 1. The molecule has 0 aliphatic heterocycles.